The number of aryl methyl sites for hydroxylation is 3. The first-order chi connectivity index (χ1) is 17.9. The molecule has 2 aliphatic heterocycles. The van der Waals surface area contributed by atoms with Gasteiger partial charge in [0, 0.05) is 32.7 Å². The predicted octanol–water partition coefficient (Wildman–Crippen LogP) is 4.70. The molecule has 1 spiro atoms. The van der Waals surface area contributed by atoms with Gasteiger partial charge in [-0.3, -0.25) is 4.90 Å². The first kappa shape index (κ1) is 26.0. The molecular weight excluding hydrogens is 464 g/mol. The van der Waals surface area contributed by atoms with Crippen LogP contribution < -0.4 is 5.32 Å². The van der Waals surface area contributed by atoms with E-state index in [4.69, 9.17) is 14.2 Å². The van der Waals surface area contributed by atoms with E-state index < -0.39 is 5.60 Å². The van der Waals surface area contributed by atoms with Gasteiger partial charge in [0.05, 0.1) is 12.7 Å². The van der Waals surface area contributed by atoms with Crippen LogP contribution in [0.25, 0.3) is 5.57 Å². The van der Waals surface area contributed by atoms with Crippen molar-refractivity contribution >= 4 is 11.5 Å². The van der Waals surface area contributed by atoms with Crippen LogP contribution in [0.3, 0.4) is 0 Å². The highest BCUT2D eigenvalue weighted by Crippen LogP contribution is 2.48. The molecule has 1 saturated carbocycles. The van der Waals surface area contributed by atoms with E-state index in [1.54, 1.807) is 0 Å². The van der Waals surface area contributed by atoms with Crippen molar-refractivity contribution in [3.8, 4) is 0 Å². The average Bonchev–Trinajstić information content (AvgIpc) is 3.15. The summed E-state index contributed by atoms with van der Waals surface area (Å²) >= 11 is 0. The Morgan fingerprint density at radius 2 is 1.70 bits per heavy atom. The Morgan fingerprint density at radius 3 is 2.38 bits per heavy atom. The lowest BCUT2D eigenvalue weighted by atomic mass is 9.80. The number of piperazine rings is 1. The lowest BCUT2D eigenvalue weighted by molar-refractivity contribution is -0.153. The van der Waals surface area contributed by atoms with E-state index in [2.05, 4.69) is 55.3 Å². The zero-order valence-electron chi connectivity index (χ0n) is 22.5. The van der Waals surface area contributed by atoms with Gasteiger partial charge in [-0.25, -0.2) is 4.79 Å². The summed E-state index contributed by atoms with van der Waals surface area (Å²) in [5, 5.41) is 3.40. The van der Waals surface area contributed by atoms with E-state index in [0.717, 1.165) is 74.4 Å². The molecule has 0 atom stereocenters. The van der Waals surface area contributed by atoms with Gasteiger partial charge in [0.2, 0.25) is 0 Å². The van der Waals surface area contributed by atoms with Crippen LogP contribution in [-0.2, 0) is 25.6 Å². The number of nitrogens with one attached hydrogen (secondary N) is 1. The molecule has 0 bridgehead atoms. The fraction of sp³-hybridized carbons (Fsp3) is 0.516. The number of hydrogen-bond donors (Lipinski definition) is 1. The third-order valence-electron chi connectivity index (χ3n) is 8.00. The van der Waals surface area contributed by atoms with E-state index >= 15 is 0 Å². The van der Waals surface area contributed by atoms with Gasteiger partial charge in [0.25, 0.3) is 0 Å². The Balaban J connectivity index is 1.35. The molecule has 1 N–H and O–H groups in total. The number of rotatable bonds is 8. The molecule has 3 aliphatic rings. The van der Waals surface area contributed by atoms with Gasteiger partial charge < -0.3 is 19.5 Å². The molecule has 1 saturated heterocycles. The molecule has 2 heterocycles. The van der Waals surface area contributed by atoms with Crippen LogP contribution >= 0.6 is 0 Å². The summed E-state index contributed by atoms with van der Waals surface area (Å²) in [7, 11) is 0. The highest BCUT2D eigenvalue weighted by atomic mass is 16.6. The number of ether oxygens (including phenoxy) is 3. The van der Waals surface area contributed by atoms with E-state index in [9.17, 15) is 4.79 Å². The normalized spacial score (nSPS) is 24.5. The first-order valence-electron chi connectivity index (χ1n) is 13.7. The minimum atomic E-state index is -0.719. The van der Waals surface area contributed by atoms with E-state index in [-0.39, 0.29) is 12.1 Å². The molecule has 37 heavy (non-hydrogen) atoms. The summed E-state index contributed by atoms with van der Waals surface area (Å²) in [4.78, 5) is 15.9. The van der Waals surface area contributed by atoms with Crippen LogP contribution in [0, 0.1) is 20.8 Å². The topological polar surface area (TPSA) is 60.0 Å². The predicted molar refractivity (Wildman–Crippen MR) is 145 cm³/mol. The maximum absolute atomic E-state index is 13.5. The van der Waals surface area contributed by atoms with Gasteiger partial charge in [-0.15, -0.1) is 0 Å². The van der Waals surface area contributed by atoms with Crippen LogP contribution in [0.4, 0.5) is 0 Å². The molecule has 2 aromatic rings. The Labute approximate surface area is 221 Å². The molecule has 0 unspecified atom stereocenters. The van der Waals surface area contributed by atoms with Crippen molar-refractivity contribution in [2.45, 2.75) is 64.8 Å². The van der Waals surface area contributed by atoms with Gasteiger partial charge in [-0.05, 0) is 68.7 Å². The van der Waals surface area contributed by atoms with Crippen LogP contribution in [0.2, 0.25) is 0 Å². The van der Waals surface area contributed by atoms with Crippen molar-refractivity contribution in [2.75, 3.05) is 39.3 Å². The van der Waals surface area contributed by atoms with Crippen molar-refractivity contribution in [2.24, 2.45) is 0 Å². The van der Waals surface area contributed by atoms with Crippen molar-refractivity contribution in [1.82, 2.24) is 10.2 Å². The van der Waals surface area contributed by atoms with Crippen molar-refractivity contribution in [1.29, 1.82) is 0 Å². The van der Waals surface area contributed by atoms with Gasteiger partial charge in [0.1, 0.15) is 12.2 Å². The van der Waals surface area contributed by atoms with Crippen molar-refractivity contribution < 1.29 is 19.0 Å². The minimum absolute atomic E-state index is 0.189. The Morgan fingerprint density at radius 1 is 1.03 bits per heavy atom. The van der Waals surface area contributed by atoms with Gasteiger partial charge in [-0.2, -0.15) is 0 Å². The van der Waals surface area contributed by atoms with Crippen LogP contribution in [0.5, 0.6) is 0 Å². The number of esters is 1. The van der Waals surface area contributed by atoms with Crippen molar-refractivity contribution in [3.05, 3.63) is 76.0 Å². The first-order valence-corrected chi connectivity index (χ1v) is 13.7. The maximum Gasteiger partial charge on any atom is 0.343 e. The molecule has 198 valence electrons. The number of benzene rings is 2. The van der Waals surface area contributed by atoms with Crippen LogP contribution in [-0.4, -0.2) is 61.9 Å². The quantitative estimate of drug-likeness (QED) is 0.526. The standard InChI is InChI=1S/C31H40N2O4/c1-22-19-23(2)27(24(3)20-22)28-29(36-21-25-7-5-4-6-8-25)31(37-30(28)34)11-9-26(10-12-31)35-18-17-33-15-13-32-14-16-33/h4-8,19-20,26,32H,9-18,21H2,1-3H3. The van der Waals surface area contributed by atoms with Crippen LogP contribution in [0.15, 0.2) is 48.2 Å². The van der Waals surface area contributed by atoms with Crippen LogP contribution in [0.1, 0.15) is 53.5 Å². The van der Waals surface area contributed by atoms with E-state index in [1.165, 1.54) is 5.56 Å². The van der Waals surface area contributed by atoms with E-state index in [1.807, 2.05) is 18.2 Å². The lowest BCUT2D eigenvalue weighted by Crippen LogP contribution is -2.45. The smallest absolute Gasteiger partial charge is 0.343 e. The maximum atomic E-state index is 13.5. The average molecular weight is 505 g/mol. The third-order valence-corrected chi connectivity index (χ3v) is 8.00. The van der Waals surface area contributed by atoms with Gasteiger partial charge in [-0.1, -0.05) is 48.0 Å². The summed E-state index contributed by atoms with van der Waals surface area (Å²) in [5.74, 6) is 0.437. The van der Waals surface area contributed by atoms with Gasteiger partial charge >= 0.3 is 5.97 Å². The summed E-state index contributed by atoms with van der Waals surface area (Å²) < 4.78 is 19.1. The fourth-order valence-electron chi connectivity index (χ4n) is 6.16. The summed E-state index contributed by atoms with van der Waals surface area (Å²) in [6, 6.07) is 14.4. The van der Waals surface area contributed by atoms with Crippen molar-refractivity contribution in [3.63, 3.8) is 0 Å². The molecule has 0 aromatic heterocycles. The molecule has 0 amide bonds. The second kappa shape index (κ2) is 11.4. The Kier molecular flexibility index (Phi) is 7.98. The van der Waals surface area contributed by atoms with Gasteiger partial charge in [0.15, 0.2) is 11.4 Å². The highest BCUT2D eigenvalue weighted by Gasteiger charge is 2.52. The SMILES string of the molecule is Cc1cc(C)c(C2=C(OCc3ccccc3)C3(CCC(OCCN4CCNCC4)CC3)OC2=O)c(C)c1. The van der Waals surface area contributed by atoms with E-state index in [0.29, 0.717) is 30.8 Å². The lowest BCUT2D eigenvalue weighted by Gasteiger charge is -2.37. The number of carbonyl (C=O) groups excluding carboxylic acids is 1. The zero-order valence-corrected chi connectivity index (χ0v) is 22.5. The highest BCUT2D eigenvalue weighted by molar-refractivity contribution is 6.20. The molecule has 2 fully saturated rings. The molecule has 5 rings (SSSR count). The largest absolute Gasteiger partial charge is 0.488 e. The second-order valence-electron chi connectivity index (χ2n) is 10.8. The summed E-state index contributed by atoms with van der Waals surface area (Å²) in [6.45, 7) is 12.6. The molecule has 1 aliphatic carbocycles. The monoisotopic (exact) mass is 504 g/mol. The fourth-order valence-corrected chi connectivity index (χ4v) is 6.16. The summed E-state index contributed by atoms with van der Waals surface area (Å²) in [6.07, 6.45) is 3.33. The second-order valence-corrected chi connectivity index (χ2v) is 10.8. The number of nitrogens with zero attached hydrogens (tertiary/aromatic N) is 1. The number of hydrogen-bond acceptors (Lipinski definition) is 6. The molecule has 6 nitrogen and oxygen atoms in total. The molecule has 2 aromatic carbocycles. The zero-order chi connectivity index (χ0) is 25.8. The Hall–Kier alpha value is -2.67. The summed E-state index contributed by atoms with van der Waals surface area (Å²) in [5.41, 5.74) is 5.24. The number of carbonyl (C=O) groups is 1. The molecule has 0 radical (unpaired) electrons. The Bertz CT molecular complexity index is 1110. The minimum Gasteiger partial charge on any atom is -0.488 e. The third kappa shape index (κ3) is 5.77. The molecule has 6 heteroatoms. The molecular formula is C31H40N2O4.